The Kier molecular flexibility index (Phi) is 4.96. The van der Waals surface area contributed by atoms with Crippen molar-refractivity contribution in [3.8, 4) is 11.3 Å². The summed E-state index contributed by atoms with van der Waals surface area (Å²) in [5.74, 6) is -1.11. The first kappa shape index (κ1) is 16.4. The molecule has 5 heteroatoms. The van der Waals surface area contributed by atoms with Gasteiger partial charge in [-0.15, -0.1) is 0 Å². The van der Waals surface area contributed by atoms with E-state index >= 15 is 0 Å². The first-order valence-corrected chi connectivity index (χ1v) is 8.63. The zero-order chi connectivity index (χ0) is 16.4. The van der Waals surface area contributed by atoms with Crippen LogP contribution in [-0.4, -0.2) is 11.5 Å². The van der Waals surface area contributed by atoms with Crippen molar-refractivity contribution in [2.75, 3.05) is 6.54 Å². The highest BCUT2D eigenvalue weighted by atomic mass is 127. The molecule has 120 valence electrons. The highest BCUT2D eigenvalue weighted by molar-refractivity contribution is 14.1. The van der Waals surface area contributed by atoms with E-state index in [0.29, 0.717) is 17.4 Å². The molecule has 0 aliphatic rings. The second kappa shape index (κ2) is 6.97. The number of nitrogens with one attached hydrogen (secondary N) is 1. The lowest BCUT2D eigenvalue weighted by Crippen LogP contribution is -1.99. The molecule has 1 aromatic heterocycles. The molecule has 0 amide bonds. The molecule has 0 bridgehead atoms. The van der Waals surface area contributed by atoms with Crippen LogP contribution in [0.15, 0.2) is 36.4 Å². The molecule has 0 unspecified atom stereocenters. The first-order valence-electron chi connectivity index (χ1n) is 7.55. The number of H-pyrrole nitrogens is 1. The van der Waals surface area contributed by atoms with Gasteiger partial charge in [0.2, 0.25) is 0 Å². The molecule has 3 aromatic rings. The molecular weight excluding hydrogens is 409 g/mol. The van der Waals surface area contributed by atoms with Gasteiger partial charge in [0.25, 0.3) is 0 Å². The van der Waals surface area contributed by atoms with Crippen molar-refractivity contribution in [1.29, 1.82) is 0 Å². The van der Waals surface area contributed by atoms with Crippen LogP contribution in [0.25, 0.3) is 22.2 Å². The average Bonchev–Trinajstić information content (AvgIpc) is 2.87. The van der Waals surface area contributed by atoms with Crippen molar-refractivity contribution in [2.24, 2.45) is 5.73 Å². The maximum absolute atomic E-state index is 14.1. The molecule has 2 nitrogen and oxygen atoms in total. The lowest BCUT2D eigenvalue weighted by atomic mass is 10.00. The second-order valence-electron chi connectivity index (χ2n) is 5.54. The highest BCUT2D eigenvalue weighted by Gasteiger charge is 2.17. The molecule has 0 spiro atoms. The van der Waals surface area contributed by atoms with Crippen molar-refractivity contribution >= 4 is 33.5 Å². The predicted molar refractivity (Wildman–Crippen MR) is 98.4 cm³/mol. The van der Waals surface area contributed by atoms with E-state index in [-0.39, 0.29) is 0 Å². The fraction of sp³-hybridized carbons (Fsp3) is 0.222. The Morgan fingerprint density at radius 2 is 1.91 bits per heavy atom. The molecule has 0 saturated heterocycles. The number of aryl methyl sites for hydroxylation is 1. The van der Waals surface area contributed by atoms with Crippen LogP contribution in [0.2, 0.25) is 0 Å². The molecule has 3 rings (SSSR count). The molecule has 1 heterocycles. The van der Waals surface area contributed by atoms with Crippen LogP contribution >= 0.6 is 22.6 Å². The quantitative estimate of drug-likeness (QED) is 0.438. The number of fused-ring (bicyclic) bond motifs is 1. The number of aromatic nitrogens is 1. The third kappa shape index (κ3) is 3.40. The third-order valence-electron chi connectivity index (χ3n) is 3.93. The van der Waals surface area contributed by atoms with Crippen molar-refractivity contribution in [1.82, 2.24) is 4.98 Å². The fourth-order valence-electron chi connectivity index (χ4n) is 2.87. The topological polar surface area (TPSA) is 41.8 Å². The van der Waals surface area contributed by atoms with Gasteiger partial charge >= 0.3 is 0 Å². The fourth-order valence-corrected chi connectivity index (χ4v) is 3.41. The van der Waals surface area contributed by atoms with Gasteiger partial charge in [0, 0.05) is 20.7 Å². The number of benzene rings is 2. The lowest BCUT2D eigenvalue weighted by molar-refractivity contribution is 0.591. The van der Waals surface area contributed by atoms with E-state index < -0.39 is 11.6 Å². The van der Waals surface area contributed by atoms with Gasteiger partial charge in [0.15, 0.2) is 0 Å². The smallest absolute Gasteiger partial charge is 0.150 e. The van der Waals surface area contributed by atoms with Crippen LogP contribution in [0.4, 0.5) is 8.78 Å². The monoisotopic (exact) mass is 426 g/mol. The van der Waals surface area contributed by atoms with Crippen LogP contribution in [-0.2, 0) is 6.42 Å². The summed E-state index contributed by atoms with van der Waals surface area (Å²) in [6.07, 6.45) is 2.51. The summed E-state index contributed by atoms with van der Waals surface area (Å²) < 4.78 is 28.9. The number of hydrogen-bond donors (Lipinski definition) is 2. The van der Waals surface area contributed by atoms with E-state index in [1.165, 1.54) is 6.07 Å². The van der Waals surface area contributed by atoms with Crippen LogP contribution in [0.3, 0.4) is 0 Å². The van der Waals surface area contributed by atoms with Gasteiger partial charge in [-0.2, -0.15) is 0 Å². The molecule has 0 radical (unpaired) electrons. The second-order valence-corrected chi connectivity index (χ2v) is 6.79. The number of aromatic amines is 1. The minimum atomic E-state index is -0.558. The predicted octanol–water partition coefficient (Wildman–Crippen LogP) is 5.00. The average molecular weight is 426 g/mol. The molecule has 0 aliphatic heterocycles. The Hall–Kier alpha value is -1.47. The minimum absolute atomic E-state index is 0.364. The van der Waals surface area contributed by atoms with Crippen molar-refractivity contribution < 1.29 is 8.78 Å². The van der Waals surface area contributed by atoms with Crippen LogP contribution in [0.5, 0.6) is 0 Å². The molecule has 0 fully saturated rings. The largest absolute Gasteiger partial charge is 0.352 e. The van der Waals surface area contributed by atoms with Gasteiger partial charge in [-0.25, -0.2) is 8.78 Å². The van der Waals surface area contributed by atoms with Crippen LogP contribution < -0.4 is 5.73 Å². The molecule has 0 atom stereocenters. The van der Waals surface area contributed by atoms with E-state index in [9.17, 15) is 8.78 Å². The maximum atomic E-state index is 14.1. The van der Waals surface area contributed by atoms with E-state index in [2.05, 4.69) is 27.6 Å². The number of unbranched alkanes of at least 4 members (excludes halogenated alkanes) is 1. The lowest BCUT2D eigenvalue weighted by Gasteiger charge is -2.06. The van der Waals surface area contributed by atoms with E-state index in [1.54, 1.807) is 0 Å². The van der Waals surface area contributed by atoms with Crippen molar-refractivity contribution in [3.05, 3.63) is 57.2 Å². The summed E-state index contributed by atoms with van der Waals surface area (Å²) >= 11 is 2.24. The number of hydrogen-bond acceptors (Lipinski definition) is 1. The summed E-state index contributed by atoms with van der Waals surface area (Å²) in [7, 11) is 0. The molecular formula is C18H17F2IN2. The van der Waals surface area contributed by atoms with Gasteiger partial charge in [-0.3, -0.25) is 0 Å². The van der Waals surface area contributed by atoms with Crippen LogP contribution in [0, 0.1) is 15.2 Å². The van der Waals surface area contributed by atoms with E-state index in [0.717, 1.165) is 45.7 Å². The van der Waals surface area contributed by atoms with E-state index in [1.807, 2.05) is 24.3 Å². The summed E-state index contributed by atoms with van der Waals surface area (Å²) in [6, 6.07) is 10.3. The standard InChI is InChI=1S/C18H17F2IN2/c19-12-9-15-14(6-1-2-7-22)17(23-18(15)16(20)10-12)11-4-3-5-13(21)8-11/h3-5,8-10,23H,1-2,6-7,22H2. The summed E-state index contributed by atoms with van der Waals surface area (Å²) in [5, 5.41) is 0.619. The molecule has 0 saturated carbocycles. The summed E-state index contributed by atoms with van der Waals surface area (Å²) in [6.45, 7) is 0.615. The van der Waals surface area contributed by atoms with E-state index in [4.69, 9.17) is 5.73 Å². The van der Waals surface area contributed by atoms with Crippen molar-refractivity contribution in [2.45, 2.75) is 19.3 Å². The Morgan fingerprint density at radius 1 is 1.09 bits per heavy atom. The van der Waals surface area contributed by atoms with Gasteiger partial charge in [0.05, 0.1) is 5.52 Å². The molecule has 3 N–H and O–H groups in total. The van der Waals surface area contributed by atoms with Crippen LogP contribution in [0.1, 0.15) is 18.4 Å². The Balaban J connectivity index is 2.19. The summed E-state index contributed by atoms with van der Waals surface area (Å²) in [4.78, 5) is 3.15. The van der Waals surface area contributed by atoms with Gasteiger partial charge < -0.3 is 10.7 Å². The third-order valence-corrected chi connectivity index (χ3v) is 4.60. The number of halogens is 3. The summed E-state index contributed by atoms with van der Waals surface area (Å²) in [5.41, 5.74) is 8.73. The van der Waals surface area contributed by atoms with Gasteiger partial charge in [-0.1, -0.05) is 12.1 Å². The Morgan fingerprint density at radius 3 is 2.65 bits per heavy atom. The zero-order valence-corrected chi connectivity index (χ0v) is 14.7. The number of rotatable bonds is 5. The normalized spacial score (nSPS) is 11.3. The molecule has 2 aromatic carbocycles. The molecule has 0 aliphatic carbocycles. The number of nitrogens with two attached hydrogens (primary N) is 1. The van der Waals surface area contributed by atoms with Gasteiger partial charge in [-0.05, 0) is 77.7 Å². The Labute approximate surface area is 147 Å². The van der Waals surface area contributed by atoms with Gasteiger partial charge in [0.1, 0.15) is 11.6 Å². The zero-order valence-electron chi connectivity index (χ0n) is 12.5. The first-order chi connectivity index (χ1) is 11.1. The van der Waals surface area contributed by atoms with Crippen molar-refractivity contribution in [3.63, 3.8) is 0 Å². The minimum Gasteiger partial charge on any atom is -0.352 e. The SMILES string of the molecule is NCCCCc1c(-c2cccc(I)c2)[nH]c2c(F)cc(F)cc12. The maximum Gasteiger partial charge on any atom is 0.150 e. The Bertz CT molecular complexity index is 842. The highest BCUT2D eigenvalue weighted by Crippen LogP contribution is 2.33. The molecule has 23 heavy (non-hydrogen) atoms.